The molecule has 0 radical (unpaired) electrons. The first-order valence-electron chi connectivity index (χ1n) is 6.94. The Hall–Kier alpha value is -0.770. The van der Waals surface area contributed by atoms with Gasteiger partial charge in [0.2, 0.25) is 0 Å². The SMILES string of the molecule is CC(O)C1(C2CCCN2C(=O)OC(C)(C)C)CC1. The molecular formula is C14H25NO3. The second-order valence-electron chi connectivity index (χ2n) is 6.74. The number of aliphatic hydroxyl groups excluding tert-OH is 1. The van der Waals surface area contributed by atoms with E-state index in [1.807, 2.05) is 32.6 Å². The summed E-state index contributed by atoms with van der Waals surface area (Å²) in [5.74, 6) is 0. The van der Waals surface area contributed by atoms with Gasteiger partial charge < -0.3 is 14.7 Å². The largest absolute Gasteiger partial charge is 0.444 e. The zero-order valence-electron chi connectivity index (χ0n) is 11.9. The van der Waals surface area contributed by atoms with E-state index in [1.165, 1.54) is 0 Å². The zero-order valence-corrected chi connectivity index (χ0v) is 11.9. The lowest BCUT2D eigenvalue weighted by Crippen LogP contribution is -2.46. The Kier molecular flexibility index (Phi) is 3.34. The van der Waals surface area contributed by atoms with Gasteiger partial charge in [0.15, 0.2) is 0 Å². The van der Waals surface area contributed by atoms with Crippen molar-refractivity contribution in [1.82, 2.24) is 4.90 Å². The van der Waals surface area contributed by atoms with Gasteiger partial charge in [-0.15, -0.1) is 0 Å². The van der Waals surface area contributed by atoms with Crippen LogP contribution >= 0.6 is 0 Å². The lowest BCUT2D eigenvalue weighted by molar-refractivity contribution is 0.00132. The molecule has 1 aliphatic carbocycles. The first-order chi connectivity index (χ1) is 8.26. The van der Waals surface area contributed by atoms with Crippen LogP contribution < -0.4 is 0 Å². The van der Waals surface area contributed by atoms with Crippen molar-refractivity contribution in [3.8, 4) is 0 Å². The standard InChI is InChI=1S/C14H25NO3/c1-10(16)14(7-8-14)11-6-5-9-15(11)12(17)18-13(2,3)4/h10-11,16H,5-9H2,1-4H3. The Morgan fingerprint density at radius 1 is 1.44 bits per heavy atom. The summed E-state index contributed by atoms with van der Waals surface area (Å²) in [5.41, 5.74) is -0.515. The number of nitrogens with zero attached hydrogens (tertiary/aromatic N) is 1. The number of carbonyl (C=O) groups is 1. The predicted octanol–water partition coefficient (Wildman–Crippen LogP) is 2.55. The first-order valence-corrected chi connectivity index (χ1v) is 6.94. The second kappa shape index (κ2) is 4.41. The maximum absolute atomic E-state index is 12.2. The van der Waals surface area contributed by atoms with Crippen LogP contribution in [0.3, 0.4) is 0 Å². The van der Waals surface area contributed by atoms with Crippen molar-refractivity contribution < 1.29 is 14.6 Å². The Morgan fingerprint density at radius 2 is 2.06 bits per heavy atom. The van der Waals surface area contributed by atoms with Crippen molar-refractivity contribution in [1.29, 1.82) is 0 Å². The van der Waals surface area contributed by atoms with Gasteiger partial charge in [0, 0.05) is 18.0 Å². The molecule has 104 valence electrons. The van der Waals surface area contributed by atoms with E-state index < -0.39 is 5.60 Å². The Labute approximate surface area is 109 Å². The highest BCUT2D eigenvalue weighted by molar-refractivity contribution is 5.69. The molecule has 0 aromatic rings. The maximum atomic E-state index is 12.2. The molecule has 18 heavy (non-hydrogen) atoms. The van der Waals surface area contributed by atoms with Crippen LogP contribution in [0.15, 0.2) is 0 Å². The topological polar surface area (TPSA) is 49.8 Å². The normalized spacial score (nSPS) is 28.1. The summed E-state index contributed by atoms with van der Waals surface area (Å²) < 4.78 is 5.46. The highest BCUT2D eigenvalue weighted by Gasteiger charge is 2.57. The van der Waals surface area contributed by atoms with E-state index in [9.17, 15) is 9.90 Å². The highest BCUT2D eigenvalue weighted by Crippen LogP contribution is 2.55. The van der Waals surface area contributed by atoms with Gasteiger partial charge >= 0.3 is 6.09 Å². The zero-order chi connectivity index (χ0) is 13.6. The van der Waals surface area contributed by atoms with Gasteiger partial charge in [-0.2, -0.15) is 0 Å². The van der Waals surface area contributed by atoms with Crippen LogP contribution in [0.5, 0.6) is 0 Å². The van der Waals surface area contributed by atoms with Gasteiger partial charge in [0.1, 0.15) is 5.60 Å². The molecule has 4 nitrogen and oxygen atoms in total. The molecule has 1 aliphatic heterocycles. The van der Waals surface area contributed by atoms with E-state index in [0.29, 0.717) is 0 Å². The number of carbonyl (C=O) groups excluding carboxylic acids is 1. The molecule has 1 amide bonds. The van der Waals surface area contributed by atoms with E-state index in [2.05, 4.69) is 0 Å². The van der Waals surface area contributed by atoms with Crippen LogP contribution in [0.2, 0.25) is 0 Å². The van der Waals surface area contributed by atoms with Crippen molar-refractivity contribution in [3.05, 3.63) is 0 Å². The smallest absolute Gasteiger partial charge is 0.410 e. The minimum atomic E-state index is -0.453. The summed E-state index contributed by atoms with van der Waals surface area (Å²) >= 11 is 0. The van der Waals surface area contributed by atoms with Crippen molar-refractivity contribution in [3.63, 3.8) is 0 Å². The van der Waals surface area contributed by atoms with Crippen molar-refractivity contribution in [2.75, 3.05) is 6.54 Å². The molecule has 1 saturated heterocycles. The molecule has 2 fully saturated rings. The van der Waals surface area contributed by atoms with Gasteiger partial charge in [0.25, 0.3) is 0 Å². The van der Waals surface area contributed by atoms with Crippen LogP contribution in [0.1, 0.15) is 53.4 Å². The average molecular weight is 255 g/mol. The molecule has 2 aliphatic rings. The minimum absolute atomic E-state index is 0.0621. The van der Waals surface area contributed by atoms with Crippen LogP contribution in [0, 0.1) is 5.41 Å². The number of amides is 1. The molecule has 2 unspecified atom stereocenters. The number of hydrogen-bond acceptors (Lipinski definition) is 3. The van der Waals surface area contributed by atoms with E-state index in [4.69, 9.17) is 4.74 Å². The predicted molar refractivity (Wildman–Crippen MR) is 69.3 cm³/mol. The molecule has 2 rings (SSSR count). The molecule has 2 atom stereocenters. The molecule has 0 aromatic heterocycles. The third-order valence-electron chi connectivity index (χ3n) is 4.20. The summed E-state index contributed by atoms with van der Waals surface area (Å²) in [4.78, 5) is 14.0. The van der Waals surface area contributed by atoms with Gasteiger partial charge in [0.05, 0.1) is 6.10 Å². The van der Waals surface area contributed by atoms with Crippen LogP contribution in [-0.4, -0.2) is 40.4 Å². The second-order valence-corrected chi connectivity index (χ2v) is 6.74. The van der Waals surface area contributed by atoms with E-state index in [1.54, 1.807) is 0 Å². The lowest BCUT2D eigenvalue weighted by Gasteiger charge is -2.34. The fraction of sp³-hybridized carbons (Fsp3) is 0.929. The third kappa shape index (κ3) is 2.48. The number of rotatable bonds is 2. The number of ether oxygens (including phenoxy) is 1. The number of likely N-dealkylation sites (tertiary alicyclic amines) is 1. The van der Waals surface area contributed by atoms with Crippen molar-refractivity contribution in [2.24, 2.45) is 5.41 Å². The van der Waals surface area contributed by atoms with Crippen molar-refractivity contribution >= 4 is 6.09 Å². The Balaban J connectivity index is 2.07. The first kappa shape index (κ1) is 13.7. The van der Waals surface area contributed by atoms with Crippen LogP contribution in [0.25, 0.3) is 0 Å². The Morgan fingerprint density at radius 3 is 2.50 bits per heavy atom. The minimum Gasteiger partial charge on any atom is -0.444 e. The van der Waals surface area contributed by atoms with E-state index >= 15 is 0 Å². The summed E-state index contributed by atoms with van der Waals surface area (Å²) in [6.45, 7) is 8.26. The summed E-state index contributed by atoms with van der Waals surface area (Å²) in [5, 5.41) is 9.96. The molecular weight excluding hydrogens is 230 g/mol. The van der Waals surface area contributed by atoms with Crippen LogP contribution in [0.4, 0.5) is 4.79 Å². The lowest BCUT2D eigenvalue weighted by atomic mass is 9.89. The summed E-state index contributed by atoms with van der Waals surface area (Å²) in [6.07, 6.45) is 3.48. The van der Waals surface area contributed by atoms with Gasteiger partial charge in [-0.3, -0.25) is 0 Å². The van der Waals surface area contributed by atoms with Gasteiger partial charge in [-0.25, -0.2) is 4.79 Å². The van der Waals surface area contributed by atoms with E-state index in [0.717, 1.165) is 32.2 Å². The molecule has 1 saturated carbocycles. The molecule has 4 heteroatoms. The fourth-order valence-corrected chi connectivity index (χ4v) is 3.08. The molecule has 0 aromatic carbocycles. The monoisotopic (exact) mass is 255 g/mol. The molecule has 1 N–H and O–H groups in total. The highest BCUT2D eigenvalue weighted by atomic mass is 16.6. The van der Waals surface area contributed by atoms with Crippen LogP contribution in [-0.2, 0) is 4.74 Å². The average Bonchev–Trinajstić information content (AvgIpc) is 2.87. The fourth-order valence-electron chi connectivity index (χ4n) is 3.08. The molecule has 1 heterocycles. The summed E-state index contributed by atoms with van der Waals surface area (Å²) in [6, 6.07) is 0.160. The Bertz CT molecular complexity index is 328. The van der Waals surface area contributed by atoms with E-state index in [-0.39, 0.29) is 23.7 Å². The number of hydrogen-bond donors (Lipinski definition) is 1. The van der Waals surface area contributed by atoms with Gasteiger partial charge in [-0.1, -0.05) is 0 Å². The number of aliphatic hydroxyl groups is 1. The summed E-state index contributed by atoms with van der Waals surface area (Å²) in [7, 11) is 0. The maximum Gasteiger partial charge on any atom is 0.410 e. The van der Waals surface area contributed by atoms with Crippen molar-refractivity contribution in [2.45, 2.75) is 71.1 Å². The third-order valence-corrected chi connectivity index (χ3v) is 4.20. The van der Waals surface area contributed by atoms with Gasteiger partial charge in [-0.05, 0) is 53.4 Å². The molecule has 0 spiro atoms. The quantitative estimate of drug-likeness (QED) is 0.825. The molecule has 0 bridgehead atoms.